The van der Waals surface area contributed by atoms with Crippen molar-refractivity contribution in [3.8, 4) is 6.07 Å². The number of halogens is 3. The van der Waals surface area contributed by atoms with Crippen molar-refractivity contribution >= 4 is 34.4 Å². The van der Waals surface area contributed by atoms with E-state index < -0.39 is 18.2 Å². The number of amides is 2. The zero-order valence-electron chi connectivity index (χ0n) is 18.1. The van der Waals surface area contributed by atoms with Gasteiger partial charge < -0.3 is 26.0 Å². The largest absolute Gasteiger partial charge is 0.490 e. The Labute approximate surface area is 192 Å². The number of carbonyl (C=O) groups excluding carboxylic acids is 2. The molecular weight excluding hydrogens is 455 g/mol. The van der Waals surface area contributed by atoms with Gasteiger partial charge in [-0.25, -0.2) is 4.79 Å². The number of likely N-dealkylation sites (tertiary alicyclic amines) is 1. The summed E-state index contributed by atoms with van der Waals surface area (Å²) in [7, 11) is 0. The number of nitrogens with zero attached hydrogens (tertiary/aromatic N) is 2. The average Bonchev–Trinajstić information content (AvgIpc) is 3.41. The average molecular weight is 479 g/mol. The van der Waals surface area contributed by atoms with Crippen LogP contribution in [0, 0.1) is 17.2 Å². The van der Waals surface area contributed by atoms with E-state index in [4.69, 9.17) is 15.6 Å². The number of hydrogen-bond acceptors (Lipinski definition) is 5. The van der Waals surface area contributed by atoms with Gasteiger partial charge in [0.05, 0.1) is 12.1 Å². The molecule has 12 heteroatoms. The first-order valence-electron chi connectivity index (χ1n) is 10.7. The third kappa shape index (κ3) is 6.05. The molecule has 34 heavy (non-hydrogen) atoms. The molecule has 2 aliphatic rings. The molecule has 1 aliphatic heterocycles. The number of alkyl halides is 3. The molecule has 182 valence electrons. The molecule has 4 rings (SSSR count). The normalized spacial score (nSPS) is 18.6. The molecule has 2 amide bonds. The van der Waals surface area contributed by atoms with E-state index in [0.29, 0.717) is 19.4 Å². The minimum absolute atomic E-state index is 0.0647. The van der Waals surface area contributed by atoms with Gasteiger partial charge in [-0.1, -0.05) is 0 Å². The number of fused-ring (bicyclic) bond motifs is 1. The maximum Gasteiger partial charge on any atom is 0.490 e. The zero-order valence-corrected chi connectivity index (χ0v) is 18.1. The van der Waals surface area contributed by atoms with Crippen LogP contribution in [0.25, 0.3) is 10.9 Å². The summed E-state index contributed by atoms with van der Waals surface area (Å²) in [4.78, 5) is 38.3. The quantitative estimate of drug-likeness (QED) is 0.517. The number of carboxylic acid groups (broad SMARTS) is 1. The summed E-state index contributed by atoms with van der Waals surface area (Å²) in [5.41, 5.74) is 8.80. The highest BCUT2D eigenvalue weighted by Crippen LogP contribution is 2.31. The standard InChI is InChI=1S/C20H23N5O2.C2HF3O2/c21-10-15-2-1-7-25(15)20(27)17(22)8-13-11-23-18-6-5-14(9-16(13)18)24-19(26)12-3-4-12;3-2(4,5)1(6)7/h5-6,9,11-12,15,17,23H,1-4,7-8,22H2,(H,24,26);(H,6,7)/t15-,17-;/m0./s1. The maximum absolute atomic E-state index is 12.7. The van der Waals surface area contributed by atoms with E-state index in [2.05, 4.69) is 16.4 Å². The molecule has 1 aliphatic carbocycles. The summed E-state index contributed by atoms with van der Waals surface area (Å²) >= 11 is 0. The Morgan fingerprint density at radius 1 is 1.29 bits per heavy atom. The van der Waals surface area contributed by atoms with Crippen molar-refractivity contribution in [1.29, 1.82) is 5.26 Å². The van der Waals surface area contributed by atoms with E-state index in [-0.39, 0.29) is 23.8 Å². The number of nitriles is 1. The second-order valence-corrected chi connectivity index (χ2v) is 8.27. The molecule has 2 atom stereocenters. The number of rotatable bonds is 5. The number of H-pyrrole nitrogens is 1. The Morgan fingerprint density at radius 2 is 1.97 bits per heavy atom. The number of benzene rings is 1. The number of nitrogens with one attached hydrogen (secondary N) is 2. The van der Waals surface area contributed by atoms with Gasteiger partial charge in [-0.15, -0.1) is 0 Å². The van der Waals surface area contributed by atoms with Gasteiger partial charge >= 0.3 is 12.1 Å². The molecule has 1 aromatic carbocycles. The molecule has 0 bridgehead atoms. The topological polar surface area (TPSA) is 152 Å². The highest BCUT2D eigenvalue weighted by atomic mass is 19.4. The summed E-state index contributed by atoms with van der Waals surface area (Å²) < 4.78 is 31.7. The van der Waals surface area contributed by atoms with E-state index in [9.17, 15) is 28.0 Å². The number of hydrogen-bond donors (Lipinski definition) is 4. The first kappa shape index (κ1) is 25.0. The first-order valence-corrected chi connectivity index (χ1v) is 10.7. The van der Waals surface area contributed by atoms with Gasteiger partial charge in [0.1, 0.15) is 6.04 Å². The molecule has 2 aromatic rings. The zero-order chi connectivity index (χ0) is 25.0. The number of nitrogens with two attached hydrogens (primary N) is 1. The number of anilines is 1. The van der Waals surface area contributed by atoms with Crippen molar-refractivity contribution in [3.63, 3.8) is 0 Å². The molecule has 5 N–H and O–H groups in total. The highest BCUT2D eigenvalue weighted by molar-refractivity contribution is 5.97. The third-order valence-corrected chi connectivity index (χ3v) is 5.67. The van der Waals surface area contributed by atoms with Crippen molar-refractivity contribution in [2.45, 2.75) is 50.4 Å². The fourth-order valence-corrected chi connectivity index (χ4v) is 3.72. The highest BCUT2D eigenvalue weighted by Gasteiger charge is 2.38. The van der Waals surface area contributed by atoms with Crippen LogP contribution >= 0.6 is 0 Å². The first-order chi connectivity index (χ1) is 16.0. The van der Waals surface area contributed by atoms with E-state index in [1.165, 1.54) is 0 Å². The molecular formula is C22H24F3N5O4. The van der Waals surface area contributed by atoms with Crippen molar-refractivity contribution < 1.29 is 32.7 Å². The summed E-state index contributed by atoms with van der Waals surface area (Å²) in [6, 6.07) is 6.84. The van der Waals surface area contributed by atoms with Crippen LogP contribution in [-0.2, 0) is 20.8 Å². The van der Waals surface area contributed by atoms with Gasteiger partial charge in [0.2, 0.25) is 11.8 Å². The van der Waals surface area contributed by atoms with Gasteiger partial charge in [-0.2, -0.15) is 18.4 Å². The molecule has 0 spiro atoms. The molecule has 0 radical (unpaired) electrons. The Hall–Kier alpha value is -3.59. The van der Waals surface area contributed by atoms with E-state index in [1.807, 2.05) is 24.4 Å². The number of aliphatic carboxylic acids is 1. The maximum atomic E-state index is 12.7. The lowest BCUT2D eigenvalue weighted by atomic mass is 10.0. The fraction of sp³-hybridized carbons (Fsp3) is 0.455. The third-order valence-electron chi connectivity index (χ3n) is 5.67. The number of aromatic nitrogens is 1. The molecule has 2 heterocycles. The van der Waals surface area contributed by atoms with Crippen molar-refractivity contribution in [2.24, 2.45) is 11.7 Å². The lowest BCUT2D eigenvalue weighted by molar-refractivity contribution is -0.192. The molecule has 0 unspecified atom stereocenters. The van der Waals surface area contributed by atoms with Gasteiger partial charge in [-0.3, -0.25) is 9.59 Å². The Bertz CT molecular complexity index is 1120. The van der Waals surface area contributed by atoms with Crippen molar-refractivity contribution in [2.75, 3.05) is 11.9 Å². The molecule has 1 saturated carbocycles. The number of carbonyl (C=O) groups is 3. The van der Waals surface area contributed by atoms with E-state index in [1.54, 1.807) is 4.90 Å². The van der Waals surface area contributed by atoms with E-state index >= 15 is 0 Å². The van der Waals surface area contributed by atoms with Crippen LogP contribution in [0.5, 0.6) is 0 Å². The van der Waals surface area contributed by atoms with Crippen LogP contribution in [0.15, 0.2) is 24.4 Å². The summed E-state index contributed by atoms with van der Waals surface area (Å²) in [6.07, 6.45) is 0.630. The van der Waals surface area contributed by atoms with E-state index in [0.717, 1.165) is 41.4 Å². The minimum atomic E-state index is -5.08. The molecule has 1 saturated heterocycles. The van der Waals surface area contributed by atoms with Gasteiger partial charge in [0.15, 0.2) is 0 Å². The Morgan fingerprint density at radius 3 is 2.56 bits per heavy atom. The van der Waals surface area contributed by atoms with Crippen LogP contribution in [0.4, 0.5) is 18.9 Å². The Balaban J connectivity index is 0.000000406. The van der Waals surface area contributed by atoms with Gasteiger partial charge in [0.25, 0.3) is 0 Å². The summed E-state index contributed by atoms with van der Waals surface area (Å²) in [5.74, 6) is -2.72. The SMILES string of the molecule is N#C[C@@H]1CCCN1C(=O)[C@@H](N)Cc1c[nH]c2ccc(NC(=O)C3CC3)cc12.O=C(O)C(F)(F)F. The predicted octanol–water partition coefficient (Wildman–Crippen LogP) is 2.53. The van der Waals surface area contributed by atoms with Gasteiger partial charge in [-0.05, 0) is 55.9 Å². The molecule has 2 fully saturated rings. The smallest absolute Gasteiger partial charge is 0.475 e. The minimum Gasteiger partial charge on any atom is -0.475 e. The second kappa shape index (κ2) is 10.1. The van der Waals surface area contributed by atoms with Crippen LogP contribution in [0.1, 0.15) is 31.2 Å². The van der Waals surface area contributed by atoms with Crippen LogP contribution in [0.2, 0.25) is 0 Å². The summed E-state index contributed by atoms with van der Waals surface area (Å²) in [5, 5.41) is 20.2. The van der Waals surface area contributed by atoms with Crippen molar-refractivity contribution in [1.82, 2.24) is 9.88 Å². The van der Waals surface area contributed by atoms with Crippen LogP contribution < -0.4 is 11.1 Å². The van der Waals surface area contributed by atoms with Crippen LogP contribution in [0.3, 0.4) is 0 Å². The number of aromatic amines is 1. The predicted molar refractivity (Wildman–Crippen MR) is 115 cm³/mol. The lowest BCUT2D eigenvalue weighted by Gasteiger charge is -2.23. The lowest BCUT2D eigenvalue weighted by Crippen LogP contribution is -2.46. The summed E-state index contributed by atoms with van der Waals surface area (Å²) in [6.45, 7) is 0.593. The molecule has 9 nitrogen and oxygen atoms in total. The second-order valence-electron chi connectivity index (χ2n) is 8.27. The van der Waals surface area contributed by atoms with Gasteiger partial charge in [0, 0.05) is 35.2 Å². The molecule has 1 aromatic heterocycles. The van der Waals surface area contributed by atoms with Crippen molar-refractivity contribution in [3.05, 3.63) is 30.0 Å². The number of carboxylic acids is 1. The Kier molecular flexibility index (Phi) is 7.46. The monoisotopic (exact) mass is 479 g/mol. The van der Waals surface area contributed by atoms with Crippen LogP contribution in [-0.4, -0.2) is 57.6 Å². The fourth-order valence-electron chi connectivity index (χ4n) is 3.72.